The van der Waals surface area contributed by atoms with E-state index >= 15 is 0 Å². The van der Waals surface area contributed by atoms with Gasteiger partial charge >= 0.3 is 0 Å². The van der Waals surface area contributed by atoms with Gasteiger partial charge in [0.05, 0.1) is 23.0 Å². The second kappa shape index (κ2) is 13.3. The summed E-state index contributed by atoms with van der Waals surface area (Å²) in [6, 6.07) is 6.92. The molecule has 2 saturated carbocycles. The van der Waals surface area contributed by atoms with Gasteiger partial charge in [-0.15, -0.1) is 0 Å². The van der Waals surface area contributed by atoms with E-state index in [1.54, 1.807) is 0 Å². The Hall–Kier alpha value is -3.02. The second-order valence-electron chi connectivity index (χ2n) is 18.6. The molecular weight excluding hydrogens is 601 g/mol. The zero-order valence-electron chi connectivity index (χ0n) is 32.5. The molecule has 49 heavy (non-hydrogen) atoms. The lowest BCUT2D eigenvalue weighted by atomic mass is 9.71. The van der Waals surface area contributed by atoms with E-state index in [0.717, 1.165) is 35.9 Å². The number of imidazole rings is 1. The normalized spacial score (nSPS) is 21.2. The minimum Gasteiger partial charge on any atom is -0.368 e. The van der Waals surface area contributed by atoms with Crippen LogP contribution < -0.4 is 4.57 Å². The van der Waals surface area contributed by atoms with Crippen LogP contribution in [-0.4, -0.2) is 25.0 Å². The fourth-order valence-corrected chi connectivity index (χ4v) is 8.91. The van der Waals surface area contributed by atoms with Crippen molar-refractivity contribution in [3.8, 4) is 5.82 Å². The van der Waals surface area contributed by atoms with Gasteiger partial charge in [0.25, 0.3) is 0 Å². The number of aliphatic imine (C=N–C) groups is 1. The van der Waals surface area contributed by atoms with Gasteiger partial charge in [-0.05, 0) is 126 Å². The van der Waals surface area contributed by atoms with Crippen molar-refractivity contribution in [2.24, 2.45) is 21.7 Å². The molecule has 2 fully saturated rings. The Bertz CT molecular complexity index is 1670. The number of aromatic nitrogens is 5. The Morgan fingerprint density at radius 3 is 2.10 bits per heavy atom. The monoisotopic (exact) mass is 665 g/mol. The maximum Gasteiger partial charge on any atom is 0.158 e. The molecule has 3 aromatic heterocycles. The molecule has 2 aliphatic carbocycles. The number of rotatable bonds is 10. The predicted molar refractivity (Wildman–Crippen MR) is 202 cm³/mol. The number of allylic oxidation sites excluding steroid dienone is 1. The maximum atomic E-state index is 5.49. The molecule has 0 spiro atoms. The minimum absolute atomic E-state index is 0.0155. The summed E-state index contributed by atoms with van der Waals surface area (Å²) in [6.07, 6.45) is 28.8. The third kappa shape index (κ3) is 7.54. The predicted octanol–water partition coefficient (Wildman–Crippen LogP) is 10.3. The molecule has 1 aliphatic heterocycles. The van der Waals surface area contributed by atoms with Crippen molar-refractivity contribution >= 4 is 11.5 Å². The largest absolute Gasteiger partial charge is 0.368 e. The summed E-state index contributed by atoms with van der Waals surface area (Å²) in [5, 5.41) is 5.08. The van der Waals surface area contributed by atoms with Crippen LogP contribution in [0.25, 0.3) is 11.6 Å². The van der Waals surface area contributed by atoms with Crippen molar-refractivity contribution in [2.45, 2.75) is 169 Å². The van der Waals surface area contributed by atoms with Crippen molar-refractivity contribution in [3.63, 3.8) is 0 Å². The van der Waals surface area contributed by atoms with Crippen LogP contribution in [0.15, 0.2) is 48.0 Å². The van der Waals surface area contributed by atoms with Crippen LogP contribution in [0.4, 0.5) is 0 Å². The highest BCUT2D eigenvalue weighted by Gasteiger charge is 2.40. The van der Waals surface area contributed by atoms with E-state index in [-0.39, 0.29) is 16.4 Å². The van der Waals surface area contributed by atoms with E-state index in [4.69, 9.17) is 15.1 Å². The summed E-state index contributed by atoms with van der Waals surface area (Å²) in [5.74, 6) is 2.35. The van der Waals surface area contributed by atoms with Crippen molar-refractivity contribution in [1.82, 2.24) is 19.3 Å². The highest BCUT2D eigenvalue weighted by atomic mass is 15.3. The third-order valence-electron chi connectivity index (χ3n) is 12.6. The van der Waals surface area contributed by atoms with Crippen LogP contribution in [0.2, 0.25) is 0 Å². The summed E-state index contributed by atoms with van der Waals surface area (Å²) in [6.45, 7) is 22.9. The van der Waals surface area contributed by atoms with Crippen LogP contribution >= 0.6 is 0 Å². The fourth-order valence-electron chi connectivity index (χ4n) is 8.91. The Morgan fingerprint density at radius 1 is 0.878 bits per heavy atom. The first-order valence-electron chi connectivity index (χ1n) is 19.4. The fraction of sp³-hybridized carbons (Fsp3) is 0.674. The van der Waals surface area contributed by atoms with E-state index in [2.05, 4.69) is 128 Å². The van der Waals surface area contributed by atoms with Crippen LogP contribution in [0.1, 0.15) is 163 Å². The SMILES string of the molecule is CCC1(Cc2cc(-[n+]3[c-]cn(C(C)(C)C)c3)nc(C(C)(C)C3=NC(n4ccc(C(C)(C)C)n4)=CC(CC4(CC)CCCC4)C3)c2)CCCC1. The van der Waals surface area contributed by atoms with Crippen LogP contribution in [-0.2, 0) is 22.8 Å². The zero-order chi connectivity index (χ0) is 35.2. The Labute approximate surface area is 297 Å². The molecular formula is C43H64N6. The van der Waals surface area contributed by atoms with Gasteiger partial charge in [-0.2, -0.15) is 10.1 Å². The average molecular weight is 665 g/mol. The van der Waals surface area contributed by atoms with Gasteiger partial charge in [0.1, 0.15) is 11.5 Å². The molecule has 6 nitrogen and oxygen atoms in total. The van der Waals surface area contributed by atoms with Gasteiger partial charge in [0.2, 0.25) is 0 Å². The van der Waals surface area contributed by atoms with Crippen molar-refractivity contribution in [2.75, 3.05) is 0 Å². The number of pyridine rings is 1. The Morgan fingerprint density at radius 2 is 1.53 bits per heavy atom. The number of hydrogen-bond donors (Lipinski definition) is 0. The van der Waals surface area contributed by atoms with Crippen LogP contribution in [0.5, 0.6) is 0 Å². The summed E-state index contributed by atoms with van der Waals surface area (Å²) < 4.78 is 6.36. The Balaban J connectivity index is 1.43. The quantitative estimate of drug-likeness (QED) is 0.160. The number of nitrogens with zero attached hydrogens (tertiary/aromatic N) is 6. The highest BCUT2D eigenvalue weighted by molar-refractivity contribution is 5.97. The molecule has 1 unspecified atom stereocenters. The van der Waals surface area contributed by atoms with Crippen LogP contribution in [0, 0.1) is 22.9 Å². The Kier molecular flexibility index (Phi) is 9.69. The number of hydrogen-bond acceptors (Lipinski definition) is 3. The van der Waals surface area contributed by atoms with E-state index in [0.29, 0.717) is 16.7 Å². The van der Waals surface area contributed by atoms with E-state index in [1.807, 2.05) is 4.68 Å². The topological polar surface area (TPSA) is 51.9 Å². The lowest BCUT2D eigenvalue weighted by Crippen LogP contribution is -2.37. The standard InChI is InChI=1S/C43H64N6/c1-11-42(18-13-14-19-42)29-32-25-35(44-37(27-32)47-23-24-48(31-47)40(6,7)8)41(9,10)36-26-33(30-43(12-2)20-15-16-21-43)28-38(45-36)49-22-17-34(46-49)39(3,4)5/h17,22,24-25,27-28,31,33H,11-16,18-21,26,29-30H2,1-10H3. The molecule has 3 aliphatic rings. The first-order chi connectivity index (χ1) is 23.0. The lowest BCUT2D eigenvalue weighted by molar-refractivity contribution is -0.603. The minimum atomic E-state index is -0.361. The molecule has 3 aromatic rings. The molecule has 4 heterocycles. The van der Waals surface area contributed by atoms with Crippen molar-refractivity contribution in [3.05, 3.63) is 66.1 Å². The summed E-state index contributed by atoms with van der Waals surface area (Å²) in [7, 11) is 0. The molecule has 1 atom stereocenters. The molecule has 0 radical (unpaired) electrons. The van der Waals surface area contributed by atoms with Gasteiger partial charge in [-0.1, -0.05) is 73.1 Å². The van der Waals surface area contributed by atoms with Gasteiger partial charge in [-0.3, -0.25) is 0 Å². The van der Waals surface area contributed by atoms with E-state index in [1.165, 1.54) is 81.9 Å². The summed E-state index contributed by atoms with van der Waals surface area (Å²) in [5.41, 5.74) is 5.23. The zero-order valence-corrected chi connectivity index (χ0v) is 32.5. The molecule has 0 bridgehead atoms. The lowest BCUT2D eigenvalue weighted by Gasteiger charge is -2.36. The smallest absolute Gasteiger partial charge is 0.158 e. The second-order valence-corrected chi connectivity index (χ2v) is 18.6. The molecule has 266 valence electrons. The molecule has 6 heteroatoms. The first-order valence-corrected chi connectivity index (χ1v) is 19.4. The van der Waals surface area contributed by atoms with Gasteiger partial charge in [0, 0.05) is 29.7 Å². The van der Waals surface area contributed by atoms with E-state index < -0.39 is 0 Å². The third-order valence-corrected chi connectivity index (χ3v) is 12.6. The van der Waals surface area contributed by atoms with Crippen LogP contribution in [0.3, 0.4) is 0 Å². The molecule has 0 saturated heterocycles. The highest BCUT2D eigenvalue weighted by Crippen LogP contribution is 2.48. The molecule has 6 rings (SSSR count). The van der Waals surface area contributed by atoms with Crippen molar-refractivity contribution < 1.29 is 4.57 Å². The van der Waals surface area contributed by atoms with Gasteiger partial charge in [0.15, 0.2) is 5.82 Å². The first kappa shape index (κ1) is 35.8. The van der Waals surface area contributed by atoms with E-state index in [9.17, 15) is 0 Å². The summed E-state index contributed by atoms with van der Waals surface area (Å²) in [4.78, 5) is 10.9. The van der Waals surface area contributed by atoms with Crippen molar-refractivity contribution in [1.29, 1.82) is 0 Å². The summed E-state index contributed by atoms with van der Waals surface area (Å²) >= 11 is 0. The molecule has 0 amide bonds. The maximum absolute atomic E-state index is 5.49. The molecule has 0 N–H and O–H groups in total. The van der Waals surface area contributed by atoms with Gasteiger partial charge < -0.3 is 9.13 Å². The average Bonchev–Trinajstić information content (AvgIpc) is 3.88. The van der Waals surface area contributed by atoms with Gasteiger partial charge in [-0.25, -0.2) is 9.67 Å². The molecule has 0 aromatic carbocycles.